The lowest BCUT2D eigenvalue weighted by atomic mass is 9.64. The van der Waals surface area contributed by atoms with Crippen LogP contribution in [0.25, 0.3) is 77.2 Å². The first-order valence-electron chi connectivity index (χ1n) is 25.5. The molecule has 1 aliphatic heterocycles. The third-order valence-electron chi connectivity index (χ3n) is 15.7. The summed E-state index contributed by atoms with van der Waals surface area (Å²) in [5, 5.41) is 4.70. The van der Waals surface area contributed by atoms with Gasteiger partial charge in [0.2, 0.25) is 0 Å². The molecule has 3 nitrogen and oxygen atoms in total. The lowest BCUT2D eigenvalue weighted by Crippen LogP contribution is -2.36. The van der Waals surface area contributed by atoms with E-state index in [1.165, 1.54) is 72.2 Å². The van der Waals surface area contributed by atoms with Crippen LogP contribution in [0.5, 0.6) is 0 Å². The molecule has 0 saturated carbocycles. The number of nitrogens with zero attached hydrogens (tertiary/aromatic N) is 2. The van der Waals surface area contributed by atoms with Gasteiger partial charge in [0.1, 0.15) is 11.2 Å². The Bertz CT molecular complexity index is 4290. The van der Waals surface area contributed by atoms with Crippen molar-refractivity contribution in [2.45, 2.75) is 5.41 Å². The van der Waals surface area contributed by atoms with Gasteiger partial charge in [-0.05, 0) is 139 Å². The Balaban J connectivity index is 0.977. The number of anilines is 6. The Hall–Kier alpha value is -9.70. The van der Waals surface area contributed by atoms with Crippen LogP contribution >= 0.6 is 0 Å². The summed E-state index contributed by atoms with van der Waals surface area (Å²) in [4.78, 5) is 4.94. The van der Waals surface area contributed by atoms with E-state index in [2.05, 4.69) is 283 Å². The molecule has 74 heavy (non-hydrogen) atoms. The standard InChI is InChI=1S/C71H46N2O/c1-2-22-49(23-3-1)73-66-36-15-12-33-62(66)71(63-34-13-16-37-67(63)73)61-32-11-8-27-57(61)58-45-44-51(46-64(58)71)72(50-42-40-48(41-43-50)53-30-19-39-69-70(53)60-29-10-17-38-68(60)74-69)65-35-14-9-28-59(65)56-26-7-6-25-55(56)54-31-18-21-47-20-4-5-24-52(47)54/h1-46H. The molecular weight excluding hydrogens is 897 g/mol. The van der Waals surface area contributed by atoms with E-state index in [1.807, 2.05) is 6.07 Å². The summed E-state index contributed by atoms with van der Waals surface area (Å²) in [6.07, 6.45) is 0. The molecule has 15 rings (SSSR count). The number of para-hydroxylation sites is 5. The molecule has 0 N–H and O–H groups in total. The van der Waals surface area contributed by atoms with Gasteiger partial charge >= 0.3 is 0 Å². The highest BCUT2D eigenvalue weighted by Crippen LogP contribution is 2.64. The van der Waals surface area contributed by atoms with Gasteiger partial charge in [-0.2, -0.15) is 0 Å². The smallest absolute Gasteiger partial charge is 0.136 e. The van der Waals surface area contributed by atoms with Gasteiger partial charge in [-0.1, -0.05) is 212 Å². The Morgan fingerprint density at radius 1 is 0.324 bits per heavy atom. The Kier molecular flexibility index (Phi) is 9.48. The second-order valence-corrected chi connectivity index (χ2v) is 19.5. The summed E-state index contributed by atoms with van der Waals surface area (Å²) in [6, 6.07) is 102. The van der Waals surface area contributed by atoms with Gasteiger partial charge in [0, 0.05) is 33.4 Å². The fraction of sp³-hybridized carbons (Fsp3) is 0.0141. The van der Waals surface area contributed by atoms with Crippen LogP contribution in [-0.4, -0.2) is 0 Å². The zero-order valence-corrected chi connectivity index (χ0v) is 40.4. The Morgan fingerprint density at radius 3 is 1.64 bits per heavy atom. The summed E-state index contributed by atoms with van der Waals surface area (Å²) >= 11 is 0. The van der Waals surface area contributed by atoms with Crippen molar-refractivity contribution in [3.8, 4) is 44.5 Å². The average Bonchev–Trinajstić information content (AvgIpc) is 4.01. The predicted octanol–water partition coefficient (Wildman–Crippen LogP) is 19.4. The van der Waals surface area contributed by atoms with Gasteiger partial charge in [-0.25, -0.2) is 0 Å². The van der Waals surface area contributed by atoms with Gasteiger partial charge in [-0.3, -0.25) is 0 Å². The fourth-order valence-electron chi connectivity index (χ4n) is 12.6. The number of furan rings is 1. The van der Waals surface area contributed by atoms with Crippen molar-refractivity contribution in [1.29, 1.82) is 0 Å². The van der Waals surface area contributed by atoms with Gasteiger partial charge < -0.3 is 14.2 Å². The second kappa shape index (κ2) is 16.7. The third-order valence-corrected chi connectivity index (χ3v) is 15.7. The zero-order chi connectivity index (χ0) is 48.7. The van der Waals surface area contributed by atoms with E-state index in [9.17, 15) is 0 Å². The number of rotatable bonds is 7. The minimum Gasteiger partial charge on any atom is -0.456 e. The maximum atomic E-state index is 6.38. The van der Waals surface area contributed by atoms with Crippen LogP contribution in [0.3, 0.4) is 0 Å². The molecule has 1 aliphatic carbocycles. The summed E-state index contributed by atoms with van der Waals surface area (Å²) in [6.45, 7) is 0. The van der Waals surface area contributed by atoms with Crippen molar-refractivity contribution in [3.05, 3.63) is 301 Å². The van der Waals surface area contributed by atoms with Gasteiger partial charge in [0.25, 0.3) is 0 Å². The van der Waals surface area contributed by atoms with E-state index in [0.29, 0.717) is 0 Å². The maximum Gasteiger partial charge on any atom is 0.136 e. The molecule has 0 amide bonds. The highest BCUT2D eigenvalue weighted by atomic mass is 16.3. The van der Waals surface area contributed by atoms with Crippen LogP contribution < -0.4 is 9.80 Å². The highest BCUT2D eigenvalue weighted by molar-refractivity contribution is 6.12. The average molecular weight is 943 g/mol. The summed E-state index contributed by atoms with van der Waals surface area (Å²) in [7, 11) is 0. The predicted molar refractivity (Wildman–Crippen MR) is 308 cm³/mol. The molecule has 1 aromatic heterocycles. The SMILES string of the molecule is c1ccc(N2c3ccccc3C3(c4ccccc4-c4ccc(N(c5ccc(-c6cccc7oc8ccccc8c67)cc5)c5ccccc5-c5ccccc5-c5cccc6ccccc56)cc43)c3ccccc32)cc1. The molecule has 12 aromatic carbocycles. The van der Waals surface area contributed by atoms with Crippen molar-refractivity contribution in [3.63, 3.8) is 0 Å². The molecule has 2 heterocycles. The van der Waals surface area contributed by atoms with Gasteiger partial charge in [0.15, 0.2) is 0 Å². The number of hydrogen-bond acceptors (Lipinski definition) is 3. The van der Waals surface area contributed by atoms with E-state index in [0.717, 1.165) is 61.4 Å². The van der Waals surface area contributed by atoms with Crippen molar-refractivity contribution in [2.75, 3.05) is 9.80 Å². The monoisotopic (exact) mass is 942 g/mol. The number of hydrogen-bond donors (Lipinski definition) is 0. The number of fused-ring (bicyclic) bond motifs is 13. The molecule has 346 valence electrons. The van der Waals surface area contributed by atoms with Crippen LogP contribution in [0.4, 0.5) is 34.1 Å². The number of benzene rings is 12. The molecule has 0 radical (unpaired) electrons. The third kappa shape index (κ3) is 6.20. The van der Waals surface area contributed by atoms with Gasteiger partial charge in [-0.15, -0.1) is 0 Å². The molecule has 0 atom stereocenters. The van der Waals surface area contributed by atoms with Crippen LogP contribution in [0, 0.1) is 0 Å². The summed E-state index contributed by atoms with van der Waals surface area (Å²) < 4.78 is 6.38. The first-order chi connectivity index (χ1) is 36.7. The minimum absolute atomic E-state index is 0.623. The van der Waals surface area contributed by atoms with Gasteiger partial charge in [0.05, 0.1) is 22.5 Å². The van der Waals surface area contributed by atoms with Crippen molar-refractivity contribution in [2.24, 2.45) is 0 Å². The highest BCUT2D eigenvalue weighted by Gasteiger charge is 2.52. The van der Waals surface area contributed by atoms with Crippen molar-refractivity contribution in [1.82, 2.24) is 0 Å². The summed E-state index contributed by atoms with van der Waals surface area (Å²) in [5.41, 5.74) is 22.4. The van der Waals surface area contributed by atoms with Crippen LogP contribution in [0.15, 0.2) is 283 Å². The molecule has 0 bridgehead atoms. The first-order valence-corrected chi connectivity index (χ1v) is 25.5. The van der Waals surface area contributed by atoms with E-state index in [4.69, 9.17) is 4.42 Å². The second-order valence-electron chi connectivity index (χ2n) is 19.5. The maximum absolute atomic E-state index is 6.38. The fourth-order valence-corrected chi connectivity index (χ4v) is 12.6. The topological polar surface area (TPSA) is 19.6 Å². The minimum atomic E-state index is -0.623. The van der Waals surface area contributed by atoms with E-state index in [1.54, 1.807) is 0 Å². The Labute approximate surface area is 430 Å². The zero-order valence-electron chi connectivity index (χ0n) is 40.4. The largest absolute Gasteiger partial charge is 0.456 e. The molecule has 0 fully saturated rings. The van der Waals surface area contributed by atoms with E-state index >= 15 is 0 Å². The lowest BCUT2D eigenvalue weighted by molar-refractivity contribution is 0.669. The lowest BCUT2D eigenvalue weighted by Gasteiger charge is -2.45. The molecule has 3 heteroatoms. The quantitative estimate of drug-likeness (QED) is 0.159. The first kappa shape index (κ1) is 42.0. The molecule has 2 aliphatic rings. The molecule has 0 unspecified atom stereocenters. The molecular formula is C71H46N2O. The molecule has 1 spiro atoms. The van der Waals surface area contributed by atoms with E-state index in [-0.39, 0.29) is 0 Å². The van der Waals surface area contributed by atoms with Crippen LogP contribution in [0.2, 0.25) is 0 Å². The van der Waals surface area contributed by atoms with Crippen molar-refractivity contribution < 1.29 is 4.42 Å². The molecule has 13 aromatic rings. The van der Waals surface area contributed by atoms with Crippen molar-refractivity contribution >= 4 is 66.8 Å². The normalized spacial score (nSPS) is 12.9. The van der Waals surface area contributed by atoms with Crippen LogP contribution in [0.1, 0.15) is 22.3 Å². The Morgan fingerprint density at radius 2 is 0.851 bits per heavy atom. The van der Waals surface area contributed by atoms with E-state index < -0.39 is 5.41 Å². The molecule has 0 saturated heterocycles. The summed E-state index contributed by atoms with van der Waals surface area (Å²) in [5.74, 6) is 0. The van der Waals surface area contributed by atoms with Crippen LogP contribution in [-0.2, 0) is 5.41 Å².